The predicted molar refractivity (Wildman–Crippen MR) is 76.6 cm³/mol. The second kappa shape index (κ2) is 5.30. The van der Waals surface area contributed by atoms with Gasteiger partial charge in [0.2, 0.25) is 5.91 Å². The molecule has 6 heteroatoms. The first-order valence-electron chi connectivity index (χ1n) is 7.05. The second-order valence-electron chi connectivity index (χ2n) is 5.59. The first-order valence-corrected chi connectivity index (χ1v) is 7.43. The number of benzene rings is 1. The zero-order valence-electron chi connectivity index (χ0n) is 11.7. The van der Waals surface area contributed by atoms with Crippen LogP contribution < -0.4 is 0 Å². The molecular formula is C15H16ClFN2O2. The minimum absolute atomic E-state index is 0.00897. The van der Waals surface area contributed by atoms with Crippen molar-refractivity contribution in [3.63, 3.8) is 0 Å². The van der Waals surface area contributed by atoms with Crippen molar-refractivity contribution in [1.29, 1.82) is 0 Å². The number of nitrogens with zero attached hydrogens (tertiary/aromatic N) is 2. The van der Waals surface area contributed by atoms with E-state index in [9.17, 15) is 14.0 Å². The molecule has 0 bridgehead atoms. The minimum atomic E-state index is -0.557. The zero-order valence-corrected chi connectivity index (χ0v) is 12.4. The molecule has 112 valence electrons. The maximum atomic E-state index is 13.2. The summed E-state index contributed by atoms with van der Waals surface area (Å²) in [5, 5.41) is -0.0840. The number of hydrogen-bond acceptors (Lipinski definition) is 2. The Balaban J connectivity index is 1.86. The van der Waals surface area contributed by atoms with Crippen LogP contribution in [-0.4, -0.2) is 46.8 Å². The molecule has 2 atom stereocenters. The van der Waals surface area contributed by atoms with Crippen molar-refractivity contribution in [2.75, 3.05) is 13.1 Å². The quantitative estimate of drug-likeness (QED) is 0.798. The predicted octanol–water partition coefficient (Wildman–Crippen LogP) is 2.31. The van der Waals surface area contributed by atoms with Crippen molar-refractivity contribution in [3.05, 3.63) is 34.6 Å². The van der Waals surface area contributed by atoms with Gasteiger partial charge in [-0.05, 0) is 38.0 Å². The van der Waals surface area contributed by atoms with E-state index in [-0.39, 0.29) is 22.9 Å². The van der Waals surface area contributed by atoms with E-state index in [1.54, 1.807) is 11.8 Å². The Hall–Kier alpha value is -1.62. The molecule has 0 aromatic heterocycles. The van der Waals surface area contributed by atoms with Crippen LogP contribution in [0.5, 0.6) is 0 Å². The highest BCUT2D eigenvalue weighted by Crippen LogP contribution is 2.27. The largest absolute Gasteiger partial charge is 0.336 e. The van der Waals surface area contributed by atoms with E-state index >= 15 is 0 Å². The standard InChI is InChI=1S/C15H16ClFN2O2/c1-9-14(20)18-6-2-3-11(18)8-19(9)15(21)10-4-5-13(17)12(16)7-10/h4-5,7,9,11H,2-3,6,8H2,1H3/t9-,11-/m1/s1. The summed E-state index contributed by atoms with van der Waals surface area (Å²) in [5.41, 5.74) is 0.312. The van der Waals surface area contributed by atoms with Gasteiger partial charge in [0, 0.05) is 24.7 Å². The molecule has 2 aliphatic rings. The van der Waals surface area contributed by atoms with Gasteiger partial charge in [-0.2, -0.15) is 0 Å². The lowest BCUT2D eigenvalue weighted by Gasteiger charge is -2.41. The van der Waals surface area contributed by atoms with E-state index in [4.69, 9.17) is 11.6 Å². The van der Waals surface area contributed by atoms with Crippen molar-refractivity contribution < 1.29 is 14.0 Å². The zero-order chi connectivity index (χ0) is 15.1. The molecule has 0 unspecified atom stereocenters. The summed E-state index contributed by atoms with van der Waals surface area (Å²) in [4.78, 5) is 28.3. The summed E-state index contributed by atoms with van der Waals surface area (Å²) in [5.74, 6) is -0.840. The van der Waals surface area contributed by atoms with Crippen molar-refractivity contribution in [2.45, 2.75) is 31.8 Å². The fraction of sp³-hybridized carbons (Fsp3) is 0.467. The molecule has 4 nitrogen and oxygen atoms in total. The van der Waals surface area contributed by atoms with Crippen LogP contribution >= 0.6 is 11.6 Å². The molecule has 3 rings (SSSR count). The maximum absolute atomic E-state index is 13.2. The van der Waals surface area contributed by atoms with E-state index < -0.39 is 11.9 Å². The van der Waals surface area contributed by atoms with Crippen molar-refractivity contribution in [1.82, 2.24) is 9.80 Å². The van der Waals surface area contributed by atoms with E-state index in [2.05, 4.69) is 0 Å². The van der Waals surface area contributed by atoms with Crippen LogP contribution in [0.1, 0.15) is 30.1 Å². The van der Waals surface area contributed by atoms with Crippen LogP contribution in [0.3, 0.4) is 0 Å². The lowest BCUT2D eigenvalue weighted by Crippen LogP contribution is -2.60. The fourth-order valence-electron chi connectivity index (χ4n) is 3.13. The van der Waals surface area contributed by atoms with Crippen LogP contribution in [-0.2, 0) is 4.79 Å². The normalized spacial score (nSPS) is 25.2. The van der Waals surface area contributed by atoms with Crippen molar-refractivity contribution in [3.8, 4) is 0 Å². The third kappa shape index (κ3) is 2.39. The summed E-state index contributed by atoms with van der Waals surface area (Å²) in [6.07, 6.45) is 1.90. The minimum Gasteiger partial charge on any atom is -0.336 e. The molecule has 1 aromatic rings. The number of halogens is 2. The van der Waals surface area contributed by atoms with Gasteiger partial charge in [-0.3, -0.25) is 9.59 Å². The van der Waals surface area contributed by atoms with Gasteiger partial charge in [-0.25, -0.2) is 4.39 Å². The number of rotatable bonds is 1. The summed E-state index contributed by atoms with van der Waals surface area (Å²) in [7, 11) is 0. The first kappa shape index (κ1) is 14.3. The SMILES string of the molecule is C[C@@H]1C(=O)N2CCC[C@@H]2CN1C(=O)c1ccc(F)c(Cl)c1. The van der Waals surface area contributed by atoms with E-state index in [1.165, 1.54) is 18.2 Å². The van der Waals surface area contributed by atoms with Crippen LogP contribution in [0.15, 0.2) is 18.2 Å². The van der Waals surface area contributed by atoms with Gasteiger partial charge < -0.3 is 9.80 Å². The Kier molecular flexibility index (Phi) is 3.61. The number of piperazine rings is 1. The van der Waals surface area contributed by atoms with Crippen molar-refractivity contribution >= 4 is 23.4 Å². The molecule has 0 radical (unpaired) electrons. The molecule has 2 amide bonds. The third-order valence-electron chi connectivity index (χ3n) is 4.32. The Bertz CT molecular complexity index is 607. The van der Waals surface area contributed by atoms with Crippen LogP contribution in [0.25, 0.3) is 0 Å². The lowest BCUT2D eigenvalue weighted by molar-refractivity contribution is -0.141. The molecule has 0 spiro atoms. The molecule has 2 aliphatic heterocycles. The Morgan fingerprint density at radius 1 is 1.43 bits per heavy atom. The van der Waals surface area contributed by atoms with E-state index in [0.717, 1.165) is 19.4 Å². The van der Waals surface area contributed by atoms with Gasteiger partial charge in [0.15, 0.2) is 0 Å². The number of fused-ring (bicyclic) bond motifs is 1. The van der Waals surface area contributed by atoms with Gasteiger partial charge in [-0.15, -0.1) is 0 Å². The number of hydrogen-bond donors (Lipinski definition) is 0. The maximum Gasteiger partial charge on any atom is 0.254 e. The van der Waals surface area contributed by atoms with Gasteiger partial charge >= 0.3 is 0 Å². The van der Waals surface area contributed by atoms with Crippen molar-refractivity contribution in [2.24, 2.45) is 0 Å². The molecule has 2 fully saturated rings. The highest BCUT2D eigenvalue weighted by atomic mass is 35.5. The molecule has 1 aromatic carbocycles. The van der Waals surface area contributed by atoms with E-state index in [0.29, 0.717) is 12.1 Å². The second-order valence-corrected chi connectivity index (χ2v) is 6.00. The summed E-state index contributed by atoms with van der Waals surface area (Å²) in [6.45, 7) is 3.04. The molecule has 21 heavy (non-hydrogen) atoms. The summed E-state index contributed by atoms with van der Waals surface area (Å²) in [6, 6.07) is 3.51. The smallest absolute Gasteiger partial charge is 0.254 e. The van der Waals surface area contributed by atoms with Gasteiger partial charge in [-0.1, -0.05) is 11.6 Å². The summed E-state index contributed by atoms with van der Waals surface area (Å²) >= 11 is 5.73. The molecule has 0 saturated carbocycles. The van der Waals surface area contributed by atoms with Gasteiger partial charge in [0.1, 0.15) is 11.9 Å². The average molecular weight is 311 g/mol. The fourth-order valence-corrected chi connectivity index (χ4v) is 3.31. The van der Waals surface area contributed by atoms with Crippen LogP contribution in [0.2, 0.25) is 5.02 Å². The number of carbonyl (C=O) groups is 2. The topological polar surface area (TPSA) is 40.6 Å². The summed E-state index contributed by atoms with van der Waals surface area (Å²) < 4.78 is 13.2. The van der Waals surface area contributed by atoms with Gasteiger partial charge in [0.25, 0.3) is 5.91 Å². The molecule has 2 saturated heterocycles. The monoisotopic (exact) mass is 310 g/mol. The highest BCUT2D eigenvalue weighted by Gasteiger charge is 2.42. The lowest BCUT2D eigenvalue weighted by atomic mass is 10.1. The molecular weight excluding hydrogens is 295 g/mol. The van der Waals surface area contributed by atoms with Crippen LogP contribution in [0.4, 0.5) is 4.39 Å². The van der Waals surface area contributed by atoms with Crippen LogP contribution in [0, 0.1) is 5.82 Å². The Labute approximate surface area is 127 Å². The number of carbonyl (C=O) groups excluding carboxylic acids is 2. The molecule has 2 heterocycles. The third-order valence-corrected chi connectivity index (χ3v) is 4.61. The first-order chi connectivity index (χ1) is 9.99. The average Bonchev–Trinajstić information content (AvgIpc) is 2.93. The highest BCUT2D eigenvalue weighted by molar-refractivity contribution is 6.31. The van der Waals surface area contributed by atoms with Gasteiger partial charge in [0.05, 0.1) is 5.02 Å². The number of amides is 2. The molecule has 0 N–H and O–H groups in total. The Morgan fingerprint density at radius 3 is 2.90 bits per heavy atom. The Morgan fingerprint density at radius 2 is 2.19 bits per heavy atom. The van der Waals surface area contributed by atoms with E-state index in [1.807, 2.05) is 4.90 Å². The molecule has 0 aliphatic carbocycles.